The number of ether oxygens (including phenoxy) is 3. The van der Waals surface area contributed by atoms with E-state index in [0.717, 1.165) is 66.4 Å². The second-order valence-corrected chi connectivity index (χ2v) is 8.11. The van der Waals surface area contributed by atoms with Crippen LogP contribution in [0.4, 0.5) is 0 Å². The third kappa shape index (κ3) is 7.19. The van der Waals surface area contributed by atoms with E-state index < -0.39 is 0 Å². The molecule has 1 atom stereocenters. The average Bonchev–Trinajstić information content (AvgIpc) is 3.29. The Labute approximate surface area is 211 Å². The lowest BCUT2D eigenvalue weighted by molar-refractivity contribution is 0.0169. The number of nitrogens with zero attached hydrogens (tertiary/aromatic N) is 3. The molecule has 1 aromatic heterocycles. The Balaban J connectivity index is 0.00000363. The molecule has 1 saturated heterocycles. The first-order valence-corrected chi connectivity index (χ1v) is 11.5. The molecule has 178 valence electrons. The van der Waals surface area contributed by atoms with Crippen molar-refractivity contribution in [2.75, 3.05) is 54.1 Å². The molecular weight excluding hydrogens is 541 g/mol. The van der Waals surface area contributed by atoms with Crippen molar-refractivity contribution in [2.24, 2.45) is 4.99 Å². The lowest BCUT2D eigenvalue weighted by Crippen LogP contribution is -2.46. The Morgan fingerprint density at radius 3 is 2.59 bits per heavy atom. The fraction of sp³-hybridized carbons (Fsp3) is 0.545. The van der Waals surface area contributed by atoms with Gasteiger partial charge in [-0.05, 0) is 24.1 Å². The number of halogens is 1. The van der Waals surface area contributed by atoms with E-state index in [1.54, 1.807) is 32.6 Å². The van der Waals surface area contributed by atoms with E-state index in [0.29, 0.717) is 13.1 Å². The molecule has 0 saturated carbocycles. The van der Waals surface area contributed by atoms with Crippen LogP contribution in [0.15, 0.2) is 28.6 Å². The van der Waals surface area contributed by atoms with Crippen molar-refractivity contribution in [1.29, 1.82) is 0 Å². The number of benzene rings is 1. The Hall–Kier alpha value is -1.63. The molecule has 1 unspecified atom stereocenters. The summed E-state index contributed by atoms with van der Waals surface area (Å²) >= 11 is 1.70. The van der Waals surface area contributed by atoms with Crippen molar-refractivity contribution >= 4 is 41.3 Å². The van der Waals surface area contributed by atoms with Gasteiger partial charge in [0.15, 0.2) is 17.5 Å². The van der Waals surface area contributed by atoms with Gasteiger partial charge in [0.25, 0.3) is 0 Å². The predicted octanol–water partition coefficient (Wildman–Crippen LogP) is 3.08. The number of aromatic nitrogens is 1. The SMILES string of the molecule is CCc1nc(CNC(=NC)NCC(c2ccc(OC)c(OC)c2)N2CCOCC2)cs1.I. The first-order valence-electron chi connectivity index (χ1n) is 10.6. The highest BCUT2D eigenvalue weighted by molar-refractivity contribution is 14.0. The van der Waals surface area contributed by atoms with Crippen molar-refractivity contribution in [3.63, 3.8) is 0 Å². The maximum atomic E-state index is 5.56. The molecule has 1 aliphatic heterocycles. The lowest BCUT2D eigenvalue weighted by atomic mass is 10.0. The number of aryl methyl sites for hydroxylation is 1. The molecule has 1 aromatic carbocycles. The van der Waals surface area contributed by atoms with Gasteiger partial charge in [-0.2, -0.15) is 0 Å². The monoisotopic (exact) mass is 575 g/mol. The van der Waals surface area contributed by atoms with Gasteiger partial charge < -0.3 is 24.8 Å². The highest BCUT2D eigenvalue weighted by Crippen LogP contribution is 2.32. The molecule has 32 heavy (non-hydrogen) atoms. The first kappa shape index (κ1) is 26.6. The van der Waals surface area contributed by atoms with E-state index >= 15 is 0 Å². The van der Waals surface area contributed by atoms with Crippen LogP contribution in [0.2, 0.25) is 0 Å². The zero-order chi connectivity index (χ0) is 22.1. The summed E-state index contributed by atoms with van der Waals surface area (Å²) in [7, 11) is 5.10. The summed E-state index contributed by atoms with van der Waals surface area (Å²) in [4.78, 5) is 11.4. The van der Waals surface area contributed by atoms with Gasteiger partial charge >= 0.3 is 0 Å². The van der Waals surface area contributed by atoms with Gasteiger partial charge in [0.2, 0.25) is 0 Å². The summed E-state index contributed by atoms with van der Waals surface area (Å²) in [5, 5.41) is 10.1. The largest absolute Gasteiger partial charge is 0.493 e. The normalized spacial score (nSPS) is 15.6. The maximum absolute atomic E-state index is 5.56. The molecule has 10 heteroatoms. The predicted molar refractivity (Wildman–Crippen MR) is 140 cm³/mol. The van der Waals surface area contributed by atoms with Crippen LogP contribution in [-0.2, 0) is 17.7 Å². The molecule has 2 N–H and O–H groups in total. The molecule has 2 aromatic rings. The minimum absolute atomic E-state index is 0. The van der Waals surface area contributed by atoms with Crippen LogP contribution < -0.4 is 20.1 Å². The standard InChI is InChI=1S/C22H33N5O3S.HI/c1-5-21-26-17(15-31-21)13-24-22(23-2)25-14-18(27-8-10-30-11-9-27)16-6-7-19(28-3)20(12-16)29-4;/h6-7,12,15,18H,5,8-11,13-14H2,1-4H3,(H2,23,24,25);1H. The van der Waals surface area contributed by atoms with Crippen LogP contribution in [0.3, 0.4) is 0 Å². The zero-order valence-corrected chi connectivity index (χ0v) is 22.4. The van der Waals surface area contributed by atoms with Gasteiger partial charge in [-0.25, -0.2) is 4.98 Å². The third-order valence-corrected chi connectivity index (χ3v) is 6.35. The summed E-state index contributed by atoms with van der Waals surface area (Å²) < 4.78 is 16.5. The van der Waals surface area contributed by atoms with Crippen LogP contribution in [-0.4, -0.2) is 70.0 Å². The number of methoxy groups -OCH3 is 2. The maximum Gasteiger partial charge on any atom is 0.191 e. The molecule has 0 bridgehead atoms. The van der Waals surface area contributed by atoms with Gasteiger partial charge in [0.1, 0.15) is 0 Å². The number of rotatable bonds is 9. The van der Waals surface area contributed by atoms with E-state index in [4.69, 9.17) is 14.2 Å². The van der Waals surface area contributed by atoms with Crippen LogP contribution in [0, 0.1) is 0 Å². The van der Waals surface area contributed by atoms with Crippen LogP contribution in [0.1, 0.15) is 29.2 Å². The minimum atomic E-state index is 0. The van der Waals surface area contributed by atoms with Crippen LogP contribution >= 0.6 is 35.3 Å². The highest BCUT2D eigenvalue weighted by Gasteiger charge is 2.24. The summed E-state index contributed by atoms with van der Waals surface area (Å²) in [5.74, 6) is 2.22. The van der Waals surface area contributed by atoms with Gasteiger partial charge in [-0.15, -0.1) is 35.3 Å². The smallest absolute Gasteiger partial charge is 0.191 e. The zero-order valence-electron chi connectivity index (χ0n) is 19.2. The van der Waals surface area contributed by atoms with Gasteiger partial charge in [0.05, 0.1) is 50.7 Å². The second kappa shape index (κ2) is 13.8. The summed E-state index contributed by atoms with van der Waals surface area (Å²) in [6.45, 7) is 6.70. The number of morpholine rings is 1. The molecule has 0 spiro atoms. The van der Waals surface area contributed by atoms with Crippen molar-refractivity contribution in [3.05, 3.63) is 39.8 Å². The summed E-state index contributed by atoms with van der Waals surface area (Å²) in [5.41, 5.74) is 2.20. The molecule has 0 amide bonds. The quantitative estimate of drug-likeness (QED) is 0.270. The van der Waals surface area contributed by atoms with Gasteiger partial charge in [0, 0.05) is 32.1 Å². The summed E-state index contributed by atoms with van der Waals surface area (Å²) in [6.07, 6.45) is 0.962. The van der Waals surface area contributed by atoms with Crippen molar-refractivity contribution in [3.8, 4) is 11.5 Å². The molecule has 1 fully saturated rings. The topological polar surface area (TPSA) is 80.2 Å². The minimum Gasteiger partial charge on any atom is -0.493 e. The van der Waals surface area contributed by atoms with E-state index in [-0.39, 0.29) is 30.0 Å². The average molecular weight is 576 g/mol. The molecule has 8 nitrogen and oxygen atoms in total. The Morgan fingerprint density at radius 1 is 1.22 bits per heavy atom. The highest BCUT2D eigenvalue weighted by atomic mass is 127. The number of nitrogens with one attached hydrogen (secondary N) is 2. The number of thiazole rings is 1. The van der Waals surface area contributed by atoms with E-state index in [1.165, 1.54) is 0 Å². The second-order valence-electron chi connectivity index (χ2n) is 7.17. The number of hydrogen-bond donors (Lipinski definition) is 2. The van der Waals surface area contributed by atoms with Gasteiger partial charge in [-0.3, -0.25) is 9.89 Å². The molecule has 0 radical (unpaired) electrons. The fourth-order valence-electron chi connectivity index (χ4n) is 3.59. The molecule has 2 heterocycles. The fourth-order valence-corrected chi connectivity index (χ4v) is 4.33. The van der Waals surface area contributed by atoms with Crippen molar-refractivity contribution < 1.29 is 14.2 Å². The van der Waals surface area contributed by atoms with E-state index in [9.17, 15) is 0 Å². The van der Waals surface area contributed by atoms with Crippen molar-refractivity contribution in [1.82, 2.24) is 20.5 Å². The number of hydrogen-bond acceptors (Lipinski definition) is 7. The summed E-state index contributed by atoms with van der Waals surface area (Å²) in [6, 6.07) is 6.26. The molecule has 1 aliphatic rings. The van der Waals surface area contributed by atoms with Crippen LogP contribution in [0.25, 0.3) is 0 Å². The van der Waals surface area contributed by atoms with E-state index in [2.05, 4.69) is 49.9 Å². The molecule has 0 aliphatic carbocycles. The Bertz CT molecular complexity index is 858. The number of aliphatic imine (C=N–C) groups is 1. The molecule has 3 rings (SSSR count). The van der Waals surface area contributed by atoms with Gasteiger partial charge in [-0.1, -0.05) is 13.0 Å². The first-order chi connectivity index (χ1) is 15.2. The van der Waals surface area contributed by atoms with Crippen LogP contribution in [0.5, 0.6) is 11.5 Å². The third-order valence-electron chi connectivity index (χ3n) is 5.30. The van der Waals surface area contributed by atoms with E-state index in [1.807, 2.05) is 6.07 Å². The Kier molecular flexibility index (Phi) is 11.5. The van der Waals surface area contributed by atoms with Crippen molar-refractivity contribution in [2.45, 2.75) is 25.9 Å². The Morgan fingerprint density at radius 2 is 1.97 bits per heavy atom. The molecular formula is C22H34IN5O3S. The lowest BCUT2D eigenvalue weighted by Gasteiger charge is -2.35. The number of guanidine groups is 1.